The maximum atomic E-state index is 12.3. The minimum Gasteiger partial charge on any atom is -0.450 e. The van der Waals surface area contributed by atoms with E-state index in [1.165, 1.54) is 0 Å². The topological polar surface area (TPSA) is 88.1 Å². The normalized spacial score (nSPS) is 20.3. The monoisotopic (exact) mass is 374 g/mol. The number of aryl methyl sites for hydroxylation is 2. The smallest absolute Gasteiger partial charge is 0.450 e. The molecule has 146 valence electrons. The SMILES string of the molecule is CON1CCC2(CC1)NC(=O)C=C2C(COC(=O)O)c1cc(C)ccc1C. The summed E-state index contributed by atoms with van der Waals surface area (Å²) < 4.78 is 4.98. The van der Waals surface area contributed by atoms with Crippen molar-refractivity contribution in [3.63, 3.8) is 0 Å². The molecule has 27 heavy (non-hydrogen) atoms. The van der Waals surface area contributed by atoms with Crippen molar-refractivity contribution in [1.82, 2.24) is 10.4 Å². The van der Waals surface area contributed by atoms with Crippen molar-refractivity contribution in [3.8, 4) is 0 Å². The number of benzene rings is 1. The Labute approximate surface area is 158 Å². The van der Waals surface area contributed by atoms with Gasteiger partial charge in [-0.25, -0.2) is 4.79 Å². The van der Waals surface area contributed by atoms with Crippen LogP contribution >= 0.6 is 0 Å². The van der Waals surface area contributed by atoms with Crippen LogP contribution in [0.15, 0.2) is 29.8 Å². The molecule has 1 amide bonds. The number of piperidine rings is 1. The number of rotatable bonds is 5. The highest BCUT2D eigenvalue weighted by atomic mass is 16.7. The third-order valence-electron chi connectivity index (χ3n) is 5.59. The van der Waals surface area contributed by atoms with Gasteiger partial charge in [0.2, 0.25) is 5.91 Å². The molecule has 1 aromatic carbocycles. The molecule has 1 saturated heterocycles. The summed E-state index contributed by atoms with van der Waals surface area (Å²) in [5.41, 5.74) is 3.53. The van der Waals surface area contributed by atoms with E-state index >= 15 is 0 Å². The molecule has 0 aliphatic carbocycles. The molecule has 0 bridgehead atoms. The van der Waals surface area contributed by atoms with Gasteiger partial charge in [0.1, 0.15) is 6.61 Å². The lowest BCUT2D eigenvalue weighted by Gasteiger charge is -2.42. The second kappa shape index (κ2) is 7.70. The van der Waals surface area contributed by atoms with E-state index in [0.717, 1.165) is 22.3 Å². The second-order valence-corrected chi connectivity index (χ2v) is 7.27. The molecular weight excluding hydrogens is 348 g/mol. The quantitative estimate of drug-likeness (QED) is 0.770. The first-order chi connectivity index (χ1) is 12.8. The molecule has 0 aromatic heterocycles. The average molecular weight is 374 g/mol. The standard InChI is InChI=1S/C20H26N2O5/c1-13-4-5-14(2)15(10-13)16(12-27-19(24)25)17-11-18(23)21-20(17)6-8-22(26-3)9-7-20/h4-5,10-11,16H,6-9,12H2,1-3H3,(H,21,23)(H,24,25). The van der Waals surface area contributed by atoms with Crippen LogP contribution in [0.3, 0.4) is 0 Å². The number of hydrogen-bond acceptors (Lipinski definition) is 5. The highest BCUT2D eigenvalue weighted by Gasteiger charge is 2.46. The number of amides is 1. The Morgan fingerprint density at radius 3 is 2.67 bits per heavy atom. The zero-order valence-electron chi connectivity index (χ0n) is 15.9. The molecule has 1 unspecified atom stereocenters. The van der Waals surface area contributed by atoms with Crippen molar-refractivity contribution in [2.45, 2.75) is 38.1 Å². The fourth-order valence-corrected chi connectivity index (χ4v) is 4.16. The van der Waals surface area contributed by atoms with E-state index in [-0.39, 0.29) is 18.4 Å². The van der Waals surface area contributed by atoms with Crippen LogP contribution < -0.4 is 5.32 Å². The van der Waals surface area contributed by atoms with Crippen LogP contribution in [-0.4, -0.2) is 54.6 Å². The fourth-order valence-electron chi connectivity index (χ4n) is 4.16. The molecule has 7 nitrogen and oxygen atoms in total. The second-order valence-electron chi connectivity index (χ2n) is 7.27. The third kappa shape index (κ3) is 3.99. The molecular formula is C20H26N2O5. The molecule has 0 radical (unpaired) electrons. The summed E-state index contributed by atoms with van der Waals surface area (Å²) in [5, 5.41) is 14.0. The van der Waals surface area contributed by atoms with Crippen LogP contribution in [0, 0.1) is 13.8 Å². The van der Waals surface area contributed by atoms with Gasteiger partial charge in [0.05, 0.1) is 12.6 Å². The minimum absolute atomic E-state index is 0.0177. The molecule has 1 aromatic rings. The Morgan fingerprint density at radius 2 is 2.04 bits per heavy atom. The van der Waals surface area contributed by atoms with E-state index in [2.05, 4.69) is 5.32 Å². The molecule has 0 saturated carbocycles. The molecule has 2 aliphatic rings. The first-order valence-electron chi connectivity index (χ1n) is 9.11. The number of nitrogens with one attached hydrogen (secondary N) is 1. The van der Waals surface area contributed by atoms with Crippen molar-refractivity contribution >= 4 is 12.1 Å². The molecule has 2 heterocycles. The highest BCUT2D eigenvalue weighted by molar-refractivity contribution is 5.93. The number of ether oxygens (including phenoxy) is 1. The summed E-state index contributed by atoms with van der Waals surface area (Å²) in [7, 11) is 1.64. The number of carboxylic acid groups (broad SMARTS) is 1. The van der Waals surface area contributed by atoms with Gasteiger partial charge in [-0.3, -0.25) is 4.79 Å². The summed E-state index contributed by atoms with van der Waals surface area (Å²) in [6.45, 7) is 5.35. The van der Waals surface area contributed by atoms with Crippen molar-refractivity contribution in [2.24, 2.45) is 0 Å². The van der Waals surface area contributed by atoms with Crippen LogP contribution in [0.2, 0.25) is 0 Å². The molecule has 7 heteroatoms. The maximum absolute atomic E-state index is 12.3. The summed E-state index contributed by atoms with van der Waals surface area (Å²) in [6.07, 6.45) is 1.71. The van der Waals surface area contributed by atoms with Crippen LogP contribution in [-0.2, 0) is 14.4 Å². The molecule has 1 atom stereocenters. The Hall–Kier alpha value is -2.38. The van der Waals surface area contributed by atoms with E-state index in [0.29, 0.717) is 25.9 Å². The van der Waals surface area contributed by atoms with E-state index < -0.39 is 11.7 Å². The lowest BCUT2D eigenvalue weighted by atomic mass is 9.74. The summed E-state index contributed by atoms with van der Waals surface area (Å²) >= 11 is 0. The molecule has 2 aliphatic heterocycles. The molecule has 1 fully saturated rings. The Balaban J connectivity index is 1.99. The van der Waals surface area contributed by atoms with Crippen LogP contribution in [0.5, 0.6) is 0 Å². The van der Waals surface area contributed by atoms with Gasteiger partial charge < -0.3 is 20.0 Å². The van der Waals surface area contributed by atoms with Gasteiger partial charge in [-0.15, -0.1) is 0 Å². The average Bonchev–Trinajstić information content (AvgIpc) is 2.94. The van der Waals surface area contributed by atoms with E-state index in [9.17, 15) is 9.59 Å². The third-order valence-corrected chi connectivity index (χ3v) is 5.59. The largest absolute Gasteiger partial charge is 0.505 e. The van der Waals surface area contributed by atoms with Crippen molar-refractivity contribution in [3.05, 3.63) is 46.5 Å². The Morgan fingerprint density at radius 1 is 1.33 bits per heavy atom. The first kappa shape index (κ1) is 19.4. The van der Waals surface area contributed by atoms with Gasteiger partial charge in [-0.1, -0.05) is 23.8 Å². The number of carbonyl (C=O) groups excluding carboxylic acids is 1. The zero-order valence-corrected chi connectivity index (χ0v) is 15.9. The van der Waals surface area contributed by atoms with E-state index in [1.807, 2.05) is 37.1 Å². The van der Waals surface area contributed by atoms with Gasteiger partial charge in [0.15, 0.2) is 0 Å². The summed E-state index contributed by atoms with van der Waals surface area (Å²) in [4.78, 5) is 28.7. The number of hydrogen-bond donors (Lipinski definition) is 2. The number of carbonyl (C=O) groups is 2. The highest BCUT2D eigenvalue weighted by Crippen LogP contribution is 2.42. The molecule has 2 N–H and O–H groups in total. The van der Waals surface area contributed by atoms with Gasteiger partial charge >= 0.3 is 6.16 Å². The predicted octanol–water partition coefficient (Wildman–Crippen LogP) is 2.53. The van der Waals surface area contributed by atoms with Crippen molar-refractivity contribution in [2.75, 3.05) is 26.8 Å². The summed E-state index contributed by atoms with van der Waals surface area (Å²) in [5.74, 6) is -0.449. The van der Waals surface area contributed by atoms with Crippen LogP contribution in [0.25, 0.3) is 0 Å². The molecule has 1 spiro atoms. The lowest BCUT2D eigenvalue weighted by Crippen LogP contribution is -2.53. The lowest BCUT2D eigenvalue weighted by molar-refractivity contribution is -0.151. The van der Waals surface area contributed by atoms with Gasteiger partial charge in [-0.2, -0.15) is 5.06 Å². The fraction of sp³-hybridized carbons (Fsp3) is 0.500. The maximum Gasteiger partial charge on any atom is 0.505 e. The Bertz CT molecular complexity index is 766. The minimum atomic E-state index is -1.31. The van der Waals surface area contributed by atoms with Crippen molar-refractivity contribution in [1.29, 1.82) is 0 Å². The van der Waals surface area contributed by atoms with Gasteiger partial charge in [0, 0.05) is 25.1 Å². The van der Waals surface area contributed by atoms with Gasteiger partial charge in [-0.05, 0) is 43.4 Å². The number of nitrogens with zero attached hydrogens (tertiary/aromatic N) is 1. The van der Waals surface area contributed by atoms with E-state index in [4.69, 9.17) is 14.7 Å². The van der Waals surface area contributed by atoms with Crippen molar-refractivity contribution < 1.29 is 24.3 Å². The summed E-state index contributed by atoms with van der Waals surface area (Å²) in [6, 6.07) is 6.09. The van der Waals surface area contributed by atoms with Crippen LogP contribution in [0.4, 0.5) is 4.79 Å². The number of hydroxylamine groups is 2. The van der Waals surface area contributed by atoms with Gasteiger partial charge in [0.25, 0.3) is 0 Å². The zero-order chi connectivity index (χ0) is 19.6. The molecule has 3 rings (SSSR count). The predicted molar refractivity (Wildman–Crippen MR) is 99.4 cm³/mol. The van der Waals surface area contributed by atoms with E-state index in [1.54, 1.807) is 13.2 Å². The Kier molecular flexibility index (Phi) is 5.53. The van der Waals surface area contributed by atoms with Crippen LogP contribution in [0.1, 0.15) is 35.4 Å². The first-order valence-corrected chi connectivity index (χ1v) is 9.11.